The number of hydrogen-bond acceptors (Lipinski definition) is 4. The van der Waals surface area contributed by atoms with Gasteiger partial charge in [-0.3, -0.25) is 4.67 Å². The smallest absolute Gasteiger partial charge is 0.106 e. The Morgan fingerprint density at radius 1 is 1.43 bits per heavy atom. The van der Waals surface area contributed by atoms with Gasteiger partial charge in [-0.2, -0.15) is 0 Å². The van der Waals surface area contributed by atoms with E-state index in [1.54, 1.807) is 7.11 Å². The van der Waals surface area contributed by atoms with Gasteiger partial charge in [0.25, 0.3) is 0 Å². The normalized spacial score (nSPS) is 7.14. The molecule has 0 heterocycles. The van der Waals surface area contributed by atoms with Crippen LogP contribution in [-0.2, 0) is 9.53 Å². The number of carbonyl (C=O) groups excluding carboxylic acids is 1. The van der Waals surface area contributed by atoms with E-state index in [9.17, 15) is 0 Å². The van der Waals surface area contributed by atoms with E-state index in [1.165, 1.54) is 0 Å². The summed E-state index contributed by atoms with van der Waals surface area (Å²) in [5.41, 5.74) is 0. The summed E-state index contributed by atoms with van der Waals surface area (Å²) in [5, 5.41) is 2.67. The number of rotatable bonds is 2. The molecule has 0 aromatic rings. The van der Waals surface area contributed by atoms with Gasteiger partial charge in [-0.05, 0) is 27.6 Å². The highest BCUT2D eigenvalue weighted by atomic mass is 31.0. The molecule has 0 aliphatic heterocycles. The Bertz CT molecular complexity index is 64.5. The standard InChI is InChI=1S/C4H10O.C2H8NP.CH6NP.CH2O/c1-3-4-5-2;1-3(2)4;1-2-3;1-2/h3-4H2,1-2H3;4H2,1-2H3;2H,3H2,1H3;1H2. The van der Waals surface area contributed by atoms with E-state index >= 15 is 0 Å². The highest BCUT2D eigenvalue weighted by Crippen LogP contribution is 1.78. The van der Waals surface area contributed by atoms with Gasteiger partial charge in [0, 0.05) is 13.7 Å². The molecule has 0 aliphatic rings. The lowest BCUT2D eigenvalue weighted by Gasteiger charge is -1.90. The minimum absolute atomic E-state index is 0.889. The maximum atomic E-state index is 8.00. The van der Waals surface area contributed by atoms with Gasteiger partial charge < -0.3 is 14.6 Å². The summed E-state index contributed by atoms with van der Waals surface area (Å²) in [6, 6.07) is 0. The maximum absolute atomic E-state index is 8.00. The average molecular weight is 244 g/mol. The molecule has 14 heavy (non-hydrogen) atoms. The zero-order chi connectivity index (χ0) is 12.4. The van der Waals surface area contributed by atoms with Crippen LogP contribution in [0.1, 0.15) is 13.3 Å². The van der Waals surface area contributed by atoms with Crippen LogP contribution in [0.5, 0.6) is 0 Å². The zero-order valence-corrected chi connectivity index (χ0v) is 12.3. The van der Waals surface area contributed by atoms with Crippen molar-refractivity contribution in [2.75, 3.05) is 34.9 Å². The molecule has 90 valence electrons. The molecule has 0 aromatic heterocycles. The van der Waals surface area contributed by atoms with Crippen molar-refractivity contribution in [2.24, 2.45) is 0 Å². The van der Waals surface area contributed by atoms with Gasteiger partial charge >= 0.3 is 0 Å². The highest BCUT2D eigenvalue weighted by molar-refractivity contribution is 7.13. The van der Waals surface area contributed by atoms with Crippen molar-refractivity contribution < 1.29 is 9.53 Å². The van der Waals surface area contributed by atoms with Crippen LogP contribution in [0, 0.1) is 0 Å². The molecule has 0 bridgehead atoms. The van der Waals surface area contributed by atoms with Crippen LogP contribution < -0.4 is 5.09 Å². The van der Waals surface area contributed by atoms with Crippen LogP contribution in [0.15, 0.2) is 0 Å². The van der Waals surface area contributed by atoms with Gasteiger partial charge in [0.05, 0.1) is 0 Å². The monoisotopic (exact) mass is 244 g/mol. The van der Waals surface area contributed by atoms with Gasteiger partial charge in [0.2, 0.25) is 0 Å². The maximum Gasteiger partial charge on any atom is 0.106 e. The Labute approximate surface area is 93.7 Å². The minimum atomic E-state index is 0.889. The van der Waals surface area contributed by atoms with Gasteiger partial charge in [-0.1, -0.05) is 25.7 Å². The SMILES string of the molecule is C=O.CCCOC.CN(C)P.CNP. The quantitative estimate of drug-likeness (QED) is 0.741. The second-order valence-electron chi connectivity index (χ2n) is 2.25. The number of methoxy groups -OCH3 is 1. The van der Waals surface area contributed by atoms with Crippen LogP contribution in [0.3, 0.4) is 0 Å². The Hall–Kier alpha value is 0.410. The fraction of sp³-hybridized carbons (Fsp3) is 0.875. The van der Waals surface area contributed by atoms with Crippen molar-refractivity contribution in [1.82, 2.24) is 9.76 Å². The van der Waals surface area contributed by atoms with E-state index in [2.05, 4.69) is 30.8 Å². The van der Waals surface area contributed by atoms with Gasteiger partial charge in [-0.15, -0.1) is 0 Å². The molecule has 0 aromatic carbocycles. The van der Waals surface area contributed by atoms with Gasteiger partial charge in [0.1, 0.15) is 6.79 Å². The van der Waals surface area contributed by atoms with Crippen molar-refractivity contribution >= 4 is 25.6 Å². The Morgan fingerprint density at radius 3 is 1.64 bits per heavy atom. The second-order valence-corrected chi connectivity index (χ2v) is 3.86. The number of nitrogens with one attached hydrogen (secondary N) is 1. The first kappa shape index (κ1) is 23.9. The summed E-state index contributed by atoms with van der Waals surface area (Å²) < 4.78 is 6.61. The van der Waals surface area contributed by atoms with Crippen molar-refractivity contribution in [3.05, 3.63) is 0 Å². The largest absolute Gasteiger partial charge is 0.385 e. The van der Waals surface area contributed by atoms with Crippen LogP contribution in [-0.4, -0.2) is 46.3 Å². The summed E-state index contributed by atoms with van der Waals surface area (Å²) in [4.78, 5) is 8.00. The summed E-state index contributed by atoms with van der Waals surface area (Å²) in [6.07, 6.45) is 1.12. The van der Waals surface area contributed by atoms with Crippen molar-refractivity contribution in [3.63, 3.8) is 0 Å². The number of hydrogen-bond donors (Lipinski definition) is 1. The minimum Gasteiger partial charge on any atom is -0.385 e. The molecule has 0 saturated heterocycles. The van der Waals surface area contributed by atoms with Gasteiger partial charge in [-0.25, -0.2) is 0 Å². The third-order valence-electron chi connectivity index (χ3n) is 0.408. The summed E-state index contributed by atoms with van der Waals surface area (Å²) in [6.45, 7) is 4.98. The van der Waals surface area contributed by atoms with Gasteiger partial charge in [0.15, 0.2) is 0 Å². The number of ether oxygens (including phenoxy) is 1. The first-order valence-corrected chi connectivity index (χ1v) is 5.23. The average Bonchev–Trinajstić information content (AvgIpc) is 2.09. The Balaban J connectivity index is -0.0000000505. The topological polar surface area (TPSA) is 41.6 Å². The van der Waals surface area contributed by atoms with Crippen LogP contribution in [0.4, 0.5) is 0 Å². The van der Waals surface area contributed by atoms with E-state index < -0.39 is 0 Å². The molecule has 4 nitrogen and oxygen atoms in total. The van der Waals surface area contributed by atoms with Crippen molar-refractivity contribution in [1.29, 1.82) is 0 Å². The van der Waals surface area contributed by atoms with E-state index in [1.807, 2.05) is 32.6 Å². The van der Waals surface area contributed by atoms with Crippen LogP contribution >= 0.6 is 18.8 Å². The first-order chi connectivity index (χ1) is 6.56. The lowest BCUT2D eigenvalue weighted by atomic mass is 10.5. The zero-order valence-electron chi connectivity index (χ0n) is 10.0. The van der Waals surface area contributed by atoms with E-state index in [-0.39, 0.29) is 0 Å². The number of nitrogens with zero attached hydrogens (tertiary/aromatic N) is 1. The molecule has 2 unspecified atom stereocenters. The number of carbonyl (C=O) groups is 1. The summed E-state index contributed by atoms with van der Waals surface area (Å²) in [5.74, 6) is 0. The van der Waals surface area contributed by atoms with E-state index in [0.717, 1.165) is 13.0 Å². The lowest BCUT2D eigenvalue weighted by molar-refractivity contribution is -0.0979. The summed E-state index contributed by atoms with van der Waals surface area (Å²) in [7, 11) is 12.3. The highest BCUT2D eigenvalue weighted by Gasteiger charge is 1.66. The van der Waals surface area contributed by atoms with E-state index in [0.29, 0.717) is 0 Å². The van der Waals surface area contributed by atoms with Crippen LogP contribution in [0.2, 0.25) is 0 Å². The summed E-state index contributed by atoms with van der Waals surface area (Å²) >= 11 is 0. The third-order valence-corrected chi connectivity index (χ3v) is 0.408. The molecule has 0 aliphatic carbocycles. The molecule has 0 amide bonds. The lowest BCUT2D eigenvalue weighted by Crippen LogP contribution is -1.88. The molecule has 0 radical (unpaired) electrons. The molecule has 0 saturated carbocycles. The predicted octanol–water partition coefficient (Wildman–Crippen LogP) is 1.19. The molecule has 0 spiro atoms. The molecule has 0 fully saturated rings. The Morgan fingerprint density at radius 2 is 1.64 bits per heavy atom. The molecular weight excluding hydrogens is 218 g/mol. The third kappa shape index (κ3) is 278. The first-order valence-electron chi connectivity index (χ1n) is 4.13. The molecule has 2 atom stereocenters. The predicted molar refractivity (Wildman–Crippen MR) is 71.5 cm³/mol. The fourth-order valence-corrected chi connectivity index (χ4v) is 0.204. The fourth-order valence-electron chi connectivity index (χ4n) is 0.204. The van der Waals surface area contributed by atoms with Crippen molar-refractivity contribution in [2.45, 2.75) is 13.3 Å². The van der Waals surface area contributed by atoms with Crippen LogP contribution in [0.25, 0.3) is 0 Å². The molecular formula is C8H26N2O2P2. The van der Waals surface area contributed by atoms with E-state index in [4.69, 9.17) is 9.53 Å². The molecule has 1 N–H and O–H groups in total. The molecule has 0 rings (SSSR count). The Kier molecular flexibility index (Phi) is 64.2. The second kappa shape index (κ2) is 37.6. The molecule has 6 heteroatoms. The van der Waals surface area contributed by atoms with Crippen molar-refractivity contribution in [3.8, 4) is 0 Å².